The molecule has 2 aliphatic heterocycles. The van der Waals surface area contributed by atoms with Crippen molar-refractivity contribution in [2.24, 2.45) is 5.92 Å². The van der Waals surface area contributed by atoms with Gasteiger partial charge in [-0.15, -0.1) is 24.8 Å². The van der Waals surface area contributed by atoms with Crippen LogP contribution in [0.25, 0.3) is 0 Å². The first-order valence-electron chi connectivity index (χ1n) is 9.10. The molecule has 7 heteroatoms. The van der Waals surface area contributed by atoms with Gasteiger partial charge < -0.3 is 15.0 Å². The number of hydrogen-bond donors (Lipinski definition) is 1. The zero-order valence-corrected chi connectivity index (χ0v) is 16.4. The molecule has 2 heterocycles. The maximum absolute atomic E-state index is 12.6. The standard InChI is InChI=1S/C17H31N3O2.2ClH/c1-14-16(18-7-12-22-14)17(21)20-10-8-19(9-11-20)13-15-5-3-2-4-6-15;;/h14-16,18H,2-13H2,1H3;2*1H/t14-,16+;;/m1../s1. The van der Waals surface area contributed by atoms with Crippen molar-refractivity contribution in [2.75, 3.05) is 45.9 Å². The van der Waals surface area contributed by atoms with Crippen LogP contribution in [0.4, 0.5) is 0 Å². The largest absolute Gasteiger partial charge is 0.375 e. The molecule has 1 N–H and O–H groups in total. The molecule has 5 nitrogen and oxygen atoms in total. The third kappa shape index (κ3) is 5.73. The highest BCUT2D eigenvalue weighted by Gasteiger charge is 2.33. The molecular formula is C17H33Cl2N3O2. The zero-order valence-electron chi connectivity index (χ0n) is 14.7. The number of rotatable bonds is 3. The molecule has 1 amide bonds. The topological polar surface area (TPSA) is 44.8 Å². The highest BCUT2D eigenvalue weighted by atomic mass is 35.5. The fourth-order valence-electron chi connectivity index (χ4n) is 4.09. The molecule has 2 atom stereocenters. The molecule has 0 radical (unpaired) electrons. The van der Waals surface area contributed by atoms with Gasteiger partial charge in [0, 0.05) is 39.3 Å². The van der Waals surface area contributed by atoms with Gasteiger partial charge in [0.15, 0.2) is 0 Å². The summed E-state index contributed by atoms with van der Waals surface area (Å²) in [5.74, 6) is 1.12. The first-order chi connectivity index (χ1) is 10.7. The van der Waals surface area contributed by atoms with E-state index < -0.39 is 0 Å². The van der Waals surface area contributed by atoms with Crippen molar-refractivity contribution >= 4 is 30.7 Å². The Hall–Kier alpha value is -0.0700. The molecule has 142 valence electrons. The van der Waals surface area contributed by atoms with Crippen LogP contribution in [0, 0.1) is 5.92 Å². The highest BCUT2D eigenvalue weighted by Crippen LogP contribution is 2.24. The van der Waals surface area contributed by atoms with Crippen LogP contribution in [0.15, 0.2) is 0 Å². The fourth-order valence-corrected chi connectivity index (χ4v) is 4.09. The number of piperazine rings is 1. The molecule has 0 aromatic heterocycles. The van der Waals surface area contributed by atoms with E-state index in [2.05, 4.69) is 10.2 Å². The summed E-state index contributed by atoms with van der Waals surface area (Å²) in [6.45, 7) is 8.53. The quantitative estimate of drug-likeness (QED) is 0.810. The van der Waals surface area contributed by atoms with E-state index in [1.54, 1.807) is 0 Å². The molecule has 0 aromatic carbocycles. The molecule has 0 unspecified atom stereocenters. The molecule has 1 aliphatic carbocycles. The number of hydrogen-bond acceptors (Lipinski definition) is 4. The molecule has 0 bridgehead atoms. The minimum Gasteiger partial charge on any atom is -0.375 e. The smallest absolute Gasteiger partial charge is 0.242 e. The number of nitrogens with zero attached hydrogens (tertiary/aromatic N) is 2. The Kier molecular flexibility index (Phi) is 9.90. The van der Waals surface area contributed by atoms with Gasteiger partial charge in [-0.05, 0) is 25.7 Å². The van der Waals surface area contributed by atoms with Gasteiger partial charge in [0.2, 0.25) is 5.91 Å². The van der Waals surface area contributed by atoms with Gasteiger partial charge in [-0.2, -0.15) is 0 Å². The van der Waals surface area contributed by atoms with Crippen LogP contribution >= 0.6 is 24.8 Å². The van der Waals surface area contributed by atoms with E-state index in [0.717, 1.165) is 38.6 Å². The van der Waals surface area contributed by atoms with Crippen molar-refractivity contribution in [1.82, 2.24) is 15.1 Å². The maximum Gasteiger partial charge on any atom is 0.242 e. The van der Waals surface area contributed by atoms with Crippen molar-refractivity contribution in [2.45, 2.75) is 51.2 Å². The first kappa shape index (κ1) is 22.0. The van der Waals surface area contributed by atoms with Crippen LogP contribution in [-0.2, 0) is 9.53 Å². The molecular weight excluding hydrogens is 349 g/mol. The van der Waals surface area contributed by atoms with Gasteiger partial charge in [0.1, 0.15) is 6.04 Å². The number of amides is 1. The number of morpholine rings is 1. The molecule has 2 saturated heterocycles. The monoisotopic (exact) mass is 381 g/mol. The predicted molar refractivity (Wildman–Crippen MR) is 101 cm³/mol. The van der Waals surface area contributed by atoms with Crippen LogP contribution in [-0.4, -0.2) is 73.7 Å². The molecule has 0 spiro atoms. The number of nitrogens with one attached hydrogen (secondary N) is 1. The third-order valence-electron chi connectivity index (χ3n) is 5.51. The number of carbonyl (C=O) groups excluding carboxylic acids is 1. The van der Waals surface area contributed by atoms with E-state index in [0.29, 0.717) is 6.61 Å². The Morgan fingerprint density at radius 1 is 1.08 bits per heavy atom. The Morgan fingerprint density at radius 2 is 1.75 bits per heavy atom. The van der Waals surface area contributed by atoms with Crippen LogP contribution in [0.2, 0.25) is 0 Å². The van der Waals surface area contributed by atoms with Crippen molar-refractivity contribution < 1.29 is 9.53 Å². The molecule has 3 fully saturated rings. The van der Waals surface area contributed by atoms with Crippen molar-refractivity contribution in [3.63, 3.8) is 0 Å². The van der Waals surface area contributed by atoms with E-state index in [1.807, 2.05) is 11.8 Å². The Bertz CT molecular complexity index is 373. The Balaban J connectivity index is 0.00000144. The third-order valence-corrected chi connectivity index (χ3v) is 5.51. The van der Waals surface area contributed by atoms with Crippen molar-refractivity contribution in [1.29, 1.82) is 0 Å². The van der Waals surface area contributed by atoms with Gasteiger partial charge in [-0.25, -0.2) is 0 Å². The first-order valence-corrected chi connectivity index (χ1v) is 9.10. The van der Waals surface area contributed by atoms with E-state index >= 15 is 0 Å². The highest BCUT2D eigenvalue weighted by molar-refractivity contribution is 5.85. The molecule has 3 rings (SSSR count). The summed E-state index contributed by atoms with van der Waals surface area (Å²) in [6, 6.07) is -0.154. The fraction of sp³-hybridized carbons (Fsp3) is 0.941. The summed E-state index contributed by atoms with van der Waals surface area (Å²) in [5, 5.41) is 3.31. The minimum absolute atomic E-state index is 0. The van der Waals surface area contributed by atoms with Crippen LogP contribution < -0.4 is 5.32 Å². The second-order valence-corrected chi connectivity index (χ2v) is 7.14. The lowest BCUT2D eigenvalue weighted by Gasteiger charge is -2.40. The predicted octanol–water partition coefficient (Wildman–Crippen LogP) is 1.93. The van der Waals surface area contributed by atoms with E-state index in [-0.39, 0.29) is 42.9 Å². The summed E-state index contributed by atoms with van der Waals surface area (Å²) < 4.78 is 5.60. The van der Waals surface area contributed by atoms with Gasteiger partial charge >= 0.3 is 0 Å². The summed E-state index contributed by atoms with van der Waals surface area (Å²) in [4.78, 5) is 17.2. The molecule has 3 aliphatic rings. The summed E-state index contributed by atoms with van der Waals surface area (Å²) in [7, 11) is 0. The lowest BCUT2D eigenvalue weighted by molar-refractivity contribution is -0.141. The van der Waals surface area contributed by atoms with E-state index in [1.165, 1.54) is 38.6 Å². The maximum atomic E-state index is 12.6. The van der Waals surface area contributed by atoms with Gasteiger partial charge in [-0.3, -0.25) is 9.69 Å². The van der Waals surface area contributed by atoms with Crippen LogP contribution in [0.1, 0.15) is 39.0 Å². The minimum atomic E-state index is -0.154. The zero-order chi connectivity index (χ0) is 15.4. The number of halogens is 2. The number of carbonyl (C=O) groups is 1. The van der Waals surface area contributed by atoms with Crippen molar-refractivity contribution in [3.05, 3.63) is 0 Å². The lowest BCUT2D eigenvalue weighted by Crippen LogP contribution is -2.59. The summed E-state index contributed by atoms with van der Waals surface area (Å²) in [6.07, 6.45) is 7.04. The lowest BCUT2D eigenvalue weighted by atomic mass is 9.89. The van der Waals surface area contributed by atoms with Gasteiger partial charge in [-0.1, -0.05) is 19.3 Å². The Morgan fingerprint density at radius 3 is 2.38 bits per heavy atom. The molecule has 1 saturated carbocycles. The average Bonchev–Trinajstić information content (AvgIpc) is 2.56. The number of ether oxygens (including phenoxy) is 1. The van der Waals surface area contributed by atoms with Gasteiger partial charge in [0.05, 0.1) is 12.7 Å². The molecule has 24 heavy (non-hydrogen) atoms. The Labute approximate surface area is 158 Å². The van der Waals surface area contributed by atoms with Crippen LogP contribution in [0.3, 0.4) is 0 Å². The molecule has 0 aromatic rings. The van der Waals surface area contributed by atoms with E-state index in [9.17, 15) is 4.79 Å². The summed E-state index contributed by atoms with van der Waals surface area (Å²) in [5.41, 5.74) is 0. The van der Waals surface area contributed by atoms with Crippen molar-refractivity contribution in [3.8, 4) is 0 Å². The normalized spacial score (nSPS) is 29.5. The summed E-state index contributed by atoms with van der Waals surface area (Å²) >= 11 is 0. The average molecular weight is 382 g/mol. The van der Waals surface area contributed by atoms with Gasteiger partial charge in [0.25, 0.3) is 0 Å². The second kappa shape index (κ2) is 10.8. The van der Waals surface area contributed by atoms with Crippen LogP contribution in [0.5, 0.6) is 0 Å². The SMILES string of the molecule is C[C@H]1OCCN[C@@H]1C(=O)N1CCN(CC2CCCCC2)CC1.Cl.Cl. The van der Waals surface area contributed by atoms with E-state index in [4.69, 9.17) is 4.74 Å². The second-order valence-electron chi connectivity index (χ2n) is 7.14.